The molecule has 0 unspecified atom stereocenters. The normalized spacial score (nSPS) is 14.0. The quantitative estimate of drug-likeness (QED) is 0.843. The van der Waals surface area contributed by atoms with Crippen molar-refractivity contribution in [2.45, 2.75) is 11.8 Å². The summed E-state index contributed by atoms with van der Waals surface area (Å²) >= 11 is 11.8. The van der Waals surface area contributed by atoms with E-state index in [1.165, 1.54) is 0 Å². The predicted octanol–water partition coefficient (Wildman–Crippen LogP) is 3.33. The first-order valence-corrected chi connectivity index (χ1v) is 5.78. The zero-order valence-corrected chi connectivity index (χ0v) is 9.91. The minimum Gasteiger partial charge on any atom is -0.244 e. The molecule has 0 radical (unpaired) electrons. The second-order valence-corrected chi connectivity index (χ2v) is 3.70. The van der Waals surface area contributed by atoms with Gasteiger partial charge in [-0.25, -0.2) is 5.01 Å². The highest BCUT2D eigenvalue weighted by Gasteiger charge is 2.12. The number of halogens is 2. The average Bonchev–Trinajstić information content (AvgIpc) is 2.38. The van der Waals surface area contributed by atoms with E-state index in [4.69, 9.17) is 23.2 Å². The smallest absolute Gasteiger partial charge is 0.0697 e. The van der Waals surface area contributed by atoms with Gasteiger partial charge in [0.15, 0.2) is 0 Å². The van der Waals surface area contributed by atoms with Crippen molar-refractivity contribution in [1.82, 2.24) is 5.53 Å². The summed E-state index contributed by atoms with van der Waals surface area (Å²) < 4.78 is 0. The third-order valence-electron chi connectivity index (χ3n) is 2.28. The molecule has 0 saturated carbocycles. The molecule has 0 spiro atoms. The molecule has 1 heterocycles. The van der Waals surface area contributed by atoms with E-state index in [0.29, 0.717) is 11.8 Å². The van der Waals surface area contributed by atoms with Crippen LogP contribution in [0.5, 0.6) is 0 Å². The number of benzene rings is 1. The highest BCUT2D eigenvalue weighted by Crippen LogP contribution is 2.26. The highest BCUT2D eigenvalue weighted by atomic mass is 35.5. The van der Waals surface area contributed by atoms with Gasteiger partial charge in [0.05, 0.1) is 11.9 Å². The van der Waals surface area contributed by atoms with Crippen LogP contribution in [0.2, 0.25) is 0 Å². The Bertz CT molecular complexity index is 431. The third-order valence-corrected chi connectivity index (χ3v) is 2.83. The van der Waals surface area contributed by atoms with Gasteiger partial charge >= 0.3 is 0 Å². The fourth-order valence-electron chi connectivity index (χ4n) is 1.50. The Morgan fingerprint density at radius 2 is 2.12 bits per heavy atom. The summed E-state index contributed by atoms with van der Waals surface area (Å²) in [5.41, 5.74) is 5.71. The van der Waals surface area contributed by atoms with Crippen LogP contribution >= 0.6 is 23.2 Å². The predicted molar refractivity (Wildman–Crippen MR) is 65.2 cm³/mol. The van der Waals surface area contributed by atoms with E-state index in [0.717, 1.165) is 16.8 Å². The molecule has 0 bridgehead atoms. The Labute approximate surface area is 103 Å². The Morgan fingerprint density at radius 3 is 2.75 bits per heavy atom. The first-order chi connectivity index (χ1) is 7.86. The second kappa shape index (κ2) is 5.18. The lowest BCUT2D eigenvalue weighted by atomic mass is 10.1. The summed E-state index contributed by atoms with van der Waals surface area (Å²) in [6, 6.07) is 5.85. The van der Waals surface area contributed by atoms with Crippen molar-refractivity contribution in [3.05, 3.63) is 41.7 Å². The number of hydrogen-bond donors (Lipinski definition) is 1. The van der Waals surface area contributed by atoms with Gasteiger partial charge in [-0.3, -0.25) is 0 Å². The van der Waals surface area contributed by atoms with Crippen LogP contribution in [0.4, 0.5) is 5.69 Å². The largest absolute Gasteiger partial charge is 0.244 e. The molecule has 1 aliphatic heterocycles. The van der Waals surface area contributed by atoms with Crippen LogP contribution in [0.1, 0.15) is 11.1 Å². The van der Waals surface area contributed by atoms with Crippen LogP contribution in [-0.4, -0.2) is 0 Å². The molecule has 16 heavy (non-hydrogen) atoms. The molecule has 0 saturated heterocycles. The van der Waals surface area contributed by atoms with Crippen molar-refractivity contribution in [3.63, 3.8) is 0 Å². The van der Waals surface area contributed by atoms with Gasteiger partial charge in [-0.05, 0) is 17.2 Å². The van der Waals surface area contributed by atoms with Crippen LogP contribution in [-0.2, 0) is 11.8 Å². The SMILES string of the molecule is ClCc1cccc(N2C=CN=NN2)c1CCl. The van der Waals surface area contributed by atoms with Gasteiger partial charge < -0.3 is 0 Å². The standard InChI is InChI=1S/C10H10Cl2N4/c11-6-8-2-1-3-10(9(8)7-12)16-5-4-13-14-15-16/h1-5H,6-7H2,(H,13,15). The Balaban J connectivity index is 2.39. The number of rotatable bonds is 3. The summed E-state index contributed by atoms with van der Waals surface area (Å²) in [6.07, 6.45) is 3.37. The number of nitrogens with zero attached hydrogens (tertiary/aromatic N) is 3. The van der Waals surface area contributed by atoms with Crippen LogP contribution in [0.25, 0.3) is 0 Å². The number of hydrazine groups is 1. The van der Waals surface area contributed by atoms with Crippen molar-refractivity contribution in [2.75, 3.05) is 5.01 Å². The Morgan fingerprint density at radius 1 is 1.25 bits per heavy atom. The molecule has 84 valence electrons. The molecular weight excluding hydrogens is 247 g/mol. The van der Waals surface area contributed by atoms with E-state index in [1.54, 1.807) is 17.4 Å². The van der Waals surface area contributed by atoms with E-state index in [1.807, 2.05) is 18.2 Å². The zero-order valence-electron chi connectivity index (χ0n) is 8.40. The molecule has 1 N–H and O–H groups in total. The number of nitrogens with one attached hydrogen (secondary N) is 1. The van der Waals surface area contributed by atoms with E-state index < -0.39 is 0 Å². The molecule has 0 aromatic heterocycles. The van der Waals surface area contributed by atoms with E-state index in [2.05, 4.69) is 15.9 Å². The second-order valence-electron chi connectivity index (χ2n) is 3.17. The zero-order chi connectivity index (χ0) is 11.4. The lowest BCUT2D eigenvalue weighted by Crippen LogP contribution is -2.30. The van der Waals surface area contributed by atoms with Gasteiger partial charge in [0, 0.05) is 18.0 Å². The summed E-state index contributed by atoms with van der Waals surface area (Å²) in [4.78, 5) is 0. The minimum absolute atomic E-state index is 0.404. The maximum absolute atomic E-state index is 5.94. The molecule has 1 aromatic carbocycles. The molecule has 0 atom stereocenters. The van der Waals surface area contributed by atoms with E-state index in [-0.39, 0.29) is 0 Å². The maximum atomic E-state index is 5.94. The fourth-order valence-corrected chi connectivity index (χ4v) is 2.06. The van der Waals surface area contributed by atoms with Gasteiger partial charge in [0.25, 0.3) is 0 Å². The van der Waals surface area contributed by atoms with Crippen LogP contribution in [0.15, 0.2) is 40.9 Å². The fraction of sp³-hybridized carbons (Fsp3) is 0.200. The van der Waals surface area contributed by atoms with Gasteiger partial charge in [-0.2, -0.15) is 5.53 Å². The molecule has 0 aliphatic carbocycles. The molecule has 0 fully saturated rings. The van der Waals surface area contributed by atoms with E-state index in [9.17, 15) is 0 Å². The van der Waals surface area contributed by atoms with Gasteiger partial charge in [0.2, 0.25) is 0 Å². The topological polar surface area (TPSA) is 40.0 Å². The first-order valence-electron chi connectivity index (χ1n) is 4.71. The van der Waals surface area contributed by atoms with Gasteiger partial charge in [0.1, 0.15) is 0 Å². The molecule has 1 aliphatic rings. The van der Waals surface area contributed by atoms with Gasteiger partial charge in [-0.15, -0.1) is 28.3 Å². The van der Waals surface area contributed by atoms with Gasteiger partial charge in [-0.1, -0.05) is 17.4 Å². The summed E-state index contributed by atoms with van der Waals surface area (Å²) in [6.45, 7) is 0. The highest BCUT2D eigenvalue weighted by molar-refractivity contribution is 6.19. The number of alkyl halides is 2. The Kier molecular flexibility index (Phi) is 3.64. The monoisotopic (exact) mass is 256 g/mol. The van der Waals surface area contributed by atoms with Crippen molar-refractivity contribution in [3.8, 4) is 0 Å². The lowest BCUT2D eigenvalue weighted by Gasteiger charge is -2.23. The van der Waals surface area contributed by atoms with Crippen molar-refractivity contribution >= 4 is 28.9 Å². The Hall–Kier alpha value is -1.26. The number of hydrogen-bond acceptors (Lipinski definition) is 4. The minimum atomic E-state index is 0.404. The summed E-state index contributed by atoms with van der Waals surface area (Å²) in [5, 5.41) is 9.14. The summed E-state index contributed by atoms with van der Waals surface area (Å²) in [5.74, 6) is 0.844. The third kappa shape index (κ3) is 2.13. The van der Waals surface area contributed by atoms with Crippen molar-refractivity contribution in [1.29, 1.82) is 0 Å². The maximum Gasteiger partial charge on any atom is 0.0697 e. The van der Waals surface area contributed by atoms with Crippen LogP contribution in [0, 0.1) is 0 Å². The molecule has 4 nitrogen and oxygen atoms in total. The molecule has 6 heteroatoms. The average molecular weight is 257 g/mol. The molecule has 0 amide bonds. The first kappa shape index (κ1) is 11.2. The summed E-state index contributed by atoms with van der Waals surface area (Å²) in [7, 11) is 0. The van der Waals surface area contributed by atoms with Crippen LogP contribution in [0.3, 0.4) is 0 Å². The molecule has 1 aromatic rings. The van der Waals surface area contributed by atoms with Crippen molar-refractivity contribution in [2.24, 2.45) is 10.3 Å². The van der Waals surface area contributed by atoms with E-state index >= 15 is 0 Å². The number of anilines is 1. The lowest BCUT2D eigenvalue weighted by molar-refractivity contribution is 0.681. The molecular formula is C10H10Cl2N4. The molecule has 2 rings (SSSR count). The van der Waals surface area contributed by atoms with Crippen molar-refractivity contribution < 1.29 is 0 Å². The van der Waals surface area contributed by atoms with Crippen LogP contribution < -0.4 is 10.5 Å².